The largest absolute Gasteiger partial charge is 0.501 e. The van der Waals surface area contributed by atoms with Gasteiger partial charge in [-0.05, 0) is 6.92 Å². The second-order valence-corrected chi connectivity index (χ2v) is 4.10. The molecule has 11 heavy (non-hydrogen) atoms. The van der Waals surface area contributed by atoms with Crippen LogP contribution in [-0.4, -0.2) is 16.7 Å². The highest BCUT2D eigenvalue weighted by molar-refractivity contribution is 6.77. The molecule has 0 aromatic heterocycles. The molecule has 5 heteroatoms. The second-order valence-electron chi connectivity index (χ2n) is 1.82. The summed E-state index contributed by atoms with van der Waals surface area (Å²) in [7, 11) is 1.43. The van der Waals surface area contributed by atoms with E-state index < -0.39 is 9.58 Å². The molecule has 0 amide bonds. The molecule has 0 atom stereocenters. The monoisotopic (exact) mass is 216 g/mol. The Labute approximate surface area is 80.1 Å². The van der Waals surface area contributed by atoms with E-state index in [1.807, 2.05) is 0 Å². The number of hydrogen-bond donors (Lipinski definition) is 0. The fourth-order valence-electron chi connectivity index (χ4n) is 0.325. The number of allylic oxidation sites excluding steroid dienone is 2. The van der Waals surface area contributed by atoms with Gasteiger partial charge in [-0.3, -0.25) is 4.79 Å². The number of rotatable bonds is 2. The van der Waals surface area contributed by atoms with Gasteiger partial charge in [0.2, 0.25) is 5.78 Å². The van der Waals surface area contributed by atoms with Gasteiger partial charge in [0.25, 0.3) is 3.79 Å². The first kappa shape index (κ1) is 11.1. The van der Waals surface area contributed by atoms with Crippen LogP contribution in [0.15, 0.2) is 11.8 Å². The van der Waals surface area contributed by atoms with Gasteiger partial charge in [0.05, 0.1) is 12.9 Å². The maximum atomic E-state index is 10.9. The number of ether oxygens (including phenoxy) is 1. The number of hydrogen-bond acceptors (Lipinski definition) is 2. The predicted molar refractivity (Wildman–Crippen MR) is 46.1 cm³/mol. The highest BCUT2D eigenvalue weighted by Crippen LogP contribution is 2.27. The van der Waals surface area contributed by atoms with Gasteiger partial charge >= 0.3 is 0 Å². The van der Waals surface area contributed by atoms with Gasteiger partial charge in [-0.1, -0.05) is 34.8 Å². The standard InChI is InChI=1S/C6H7Cl3O2/c1-4(11-2)3-5(10)6(7,8)9/h3H,1-2H3/b4-3-. The first-order valence-electron chi connectivity index (χ1n) is 2.71. The normalized spacial score (nSPS) is 13.0. The summed E-state index contributed by atoms with van der Waals surface area (Å²) in [5, 5.41) is 0. The van der Waals surface area contributed by atoms with Gasteiger partial charge in [0.15, 0.2) is 0 Å². The second kappa shape index (κ2) is 4.19. The van der Waals surface area contributed by atoms with Crippen LogP contribution in [0.5, 0.6) is 0 Å². The number of carbonyl (C=O) groups excluding carboxylic acids is 1. The third kappa shape index (κ3) is 4.51. The predicted octanol–water partition coefficient (Wildman–Crippen LogP) is 2.48. The Morgan fingerprint density at radius 3 is 2.18 bits per heavy atom. The molecule has 0 radical (unpaired) electrons. The van der Waals surface area contributed by atoms with Crippen molar-refractivity contribution in [3.8, 4) is 0 Å². The van der Waals surface area contributed by atoms with Crippen molar-refractivity contribution in [3.63, 3.8) is 0 Å². The molecule has 0 aromatic rings. The topological polar surface area (TPSA) is 26.3 Å². The summed E-state index contributed by atoms with van der Waals surface area (Å²) in [6.07, 6.45) is 1.13. The lowest BCUT2D eigenvalue weighted by atomic mass is 10.4. The quantitative estimate of drug-likeness (QED) is 0.403. The number of halogens is 3. The molecule has 0 aromatic carbocycles. The first-order valence-corrected chi connectivity index (χ1v) is 3.84. The Hall–Kier alpha value is 0.0800. The number of alkyl halides is 3. The summed E-state index contributed by atoms with van der Waals surface area (Å²) in [6, 6.07) is 0. The molecule has 0 saturated carbocycles. The molecular formula is C6H7Cl3O2. The lowest BCUT2D eigenvalue weighted by molar-refractivity contribution is -0.114. The SMILES string of the molecule is CO/C(C)=C\C(=O)C(Cl)(Cl)Cl. The molecule has 0 fully saturated rings. The van der Waals surface area contributed by atoms with Crippen molar-refractivity contribution in [2.45, 2.75) is 10.7 Å². The zero-order valence-corrected chi connectivity index (χ0v) is 8.30. The van der Waals surface area contributed by atoms with Crippen LogP contribution in [0.25, 0.3) is 0 Å². The van der Waals surface area contributed by atoms with Crippen LogP contribution in [0.1, 0.15) is 6.92 Å². The van der Waals surface area contributed by atoms with Crippen LogP contribution >= 0.6 is 34.8 Å². The van der Waals surface area contributed by atoms with E-state index in [0.29, 0.717) is 5.76 Å². The summed E-state index contributed by atoms with van der Waals surface area (Å²) >= 11 is 15.8. The van der Waals surface area contributed by atoms with Crippen molar-refractivity contribution in [3.05, 3.63) is 11.8 Å². The Balaban J connectivity index is 4.30. The molecule has 0 spiro atoms. The minimum absolute atomic E-state index is 0.404. The van der Waals surface area contributed by atoms with E-state index in [9.17, 15) is 4.79 Å². The average molecular weight is 217 g/mol. The zero-order valence-electron chi connectivity index (χ0n) is 6.03. The van der Waals surface area contributed by atoms with Crippen LogP contribution in [0.3, 0.4) is 0 Å². The van der Waals surface area contributed by atoms with Crippen LogP contribution in [0, 0.1) is 0 Å². The van der Waals surface area contributed by atoms with Crippen LogP contribution in [-0.2, 0) is 9.53 Å². The maximum Gasteiger partial charge on any atom is 0.252 e. The van der Waals surface area contributed by atoms with Crippen molar-refractivity contribution in [1.29, 1.82) is 0 Å². The molecule has 0 aliphatic carbocycles. The van der Waals surface area contributed by atoms with E-state index in [-0.39, 0.29) is 0 Å². The van der Waals surface area contributed by atoms with Crippen molar-refractivity contribution < 1.29 is 9.53 Å². The fraction of sp³-hybridized carbons (Fsp3) is 0.500. The van der Waals surface area contributed by atoms with Crippen molar-refractivity contribution in [1.82, 2.24) is 0 Å². The summed E-state index contributed by atoms with van der Waals surface area (Å²) in [6.45, 7) is 1.59. The number of carbonyl (C=O) groups is 1. The van der Waals surface area contributed by atoms with Gasteiger partial charge in [0.1, 0.15) is 0 Å². The molecule has 0 unspecified atom stereocenters. The van der Waals surface area contributed by atoms with E-state index in [1.165, 1.54) is 7.11 Å². The van der Waals surface area contributed by atoms with E-state index in [4.69, 9.17) is 34.8 Å². The summed E-state index contributed by atoms with van der Waals surface area (Å²) in [5.41, 5.74) is 0. The van der Waals surface area contributed by atoms with Crippen LogP contribution in [0.4, 0.5) is 0 Å². The first-order chi connectivity index (χ1) is 4.88. The molecule has 0 aliphatic heterocycles. The van der Waals surface area contributed by atoms with E-state index in [0.717, 1.165) is 6.08 Å². The van der Waals surface area contributed by atoms with Gasteiger partial charge < -0.3 is 4.74 Å². The molecule has 0 saturated heterocycles. The highest BCUT2D eigenvalue weighted by Gasteiger charge is 2.28. The maximum absolute atomic E-state index is 10.9. The Kier molecular flexibility index (Phi) is 4.22. The van der Waals surface area contributed by atoms with E-state index in [2.05, 4.69) is 4.74 Å². The average Bonchev–Trinajstić information content (AvgIpc) is 1.85. The third-order valence-corrected chi connectivity index (χ3v) is 1.49. The summed E-state index contributed by atoms with van der Waals surface area (Å²) < 4.78 is 2.79. The van der Waals surface area contributed by atoms with Crippen molar-refractivity contribution in [2.24, 2.45) is 0 Å². The lowest BCUT2D eigenvalue weighted by Crippen LogP contribution is -2.16. The van der Waals surface area contributed by atoms with Gasteiger partial charge in [-0.2, -0.15) is 0 Å². The molecule has 64 valence electrons. The minimum atomic E-state index is -1.89. The molecule has 0 rings (SSSR count). The Bertz CT molecular complexity index is 181. The molecule has 0 aliphatic rings. The van der Waals surface area contributed by atoms with Crippen LogP contribution in [0.2, 0.25) is 0 Å². The fourth-order valence-corrected chi connectivity index (χ4v) is 0.489. The Morgan fingerprint density at radius 1 is 1.45 bits per heavy atom. The highest BCUT2D eigenvalue weighted by atomic mass is 35.6. The Morgan fingerprint density at radius 2 is 1.91 bits per heavy atom. The number of ketones is 1. The van der Waals surface area contributed by atoms with Crippen molar-refractivity contribution >= 4 is 40.6 Å². The summed E-state index contributed by atoms with van der Waals surface area (Å²) in [5.74, 6) is -0.205. The molecule has 0 heterocycles. The van der Waals surface area contributed by atoms with Crippen molar-refractivity contribution in [2.75, 3.05) is 7.11 Å². The minimum Gasteiger partial charge on any atom is -0.501 e. The van der Waals surface area contributed by atoms with E-state index in [1.54, 1.807) is 6.92 Å². The molecule has 2 nitrogen and oxygen atoms in total. The van der Waals surface area contributed by atoms with Gasteiger partial charge in [-0.15, -0.1) is 0 Å². The third-order valence-electron chi connectivity index (χ3n) is 0.936. The summed E-state index contributed by atoms with van der Waals surface area (Å²) in [4.78, 5) is 10.9. The lowest BCUT2D eigenvalue weighted by Gasteiger charge is -2.05. The molecule has 0 N–H and O–H groups in total. The smallest absolute Gasteiger partial charge is 0.252 e. The van der Waals surface area contributed by atoms with Gasteiger partial charge in [0, 0.05) is 6.08 Å². The molecule has 0 bridgehead atoms. The van der Waals surface area contributed by atoms with Crippen LogP contribution < -0.4 is 0 Å². The van der Waals surface area contributed by atoms with E-state index >= 15 is 0 Å². The van der Waals surface area contributed by atoms with Gasteiger partial charge in [-0.25, -0.2) is 0 Å². The molecular weight excluding hydrogens is 210 g/mol. The number of methoxy groups -OCH3 is 1. The zero-order chi connectivity index (χ0) is 9.07.